The normalized spacial score (nSPS) is 10.6. The maximum absolute atomic E-state index is 3.83. The number of rotatable bonds is 2. The zero-order chi connectivity index (χ0) is 6.69. The molecule has 0 unspecified atom stereocenters. The number of thioether (sulfide) groups is 1. The highest BCUT2D eigenvalue weighted by Crippen LogP contribution is 2.22. The Morgan fingerprint density at radius 1 is 1.67 bits per heavy atom. The van der Waals surface area contributed by atoms with Gasteiger partial charge in [0.2, 0.25) is 0 Å². The van der Waals surface area contributed by atoms with Gasteiger partial charge >= 0.3 is 0 Å². The van der Waals surface area contributed by atoms with Crippen LogP contribution in [0.15, 0.2) is 4.34 Å². The van der Waals surface area contributed by atoms with Gasteiger partial charge in [-0.3, -0.25) is 0 Å². The Labute approximate surface area is 62.7 Å². The lowest BCUT2D eigenvalue weighted by Crippen LogP contribution is -1.84. The van der Waals surface area contributed by atoms with E-state index in [-0.39, 0.29) is 0 Å². The third-order valence-corrected chi connectivity index (χ3v) is 2.36. The zero-order valence-corrected chi connectivity index (χ0v) is 6.92. The van der Waals surface area contributed by atoms with E-state index in [4.69, 9.17) is 0 Å². The molecule has 1 aromatic rings. The smallest absolute Gasteiger partial charge is 0.135 e. The quantitative estimate of drug-likeness (QED) is 0.616. The second-order valence-electron chi connectivity index (χ2n) is 1.83. The van der Waals surface area contributed by atoms with Crippen molar-refractivity contribution in [3.05, 3.63) is 5.51 Å². The highest BCUT2D eigenvalue weighted by molar-refractivity contribution is 8.01. The summed E-state index contributed by atoms with van der Waals surface area (Å²) < 4.78 is 1.00. The standard InChI is InChI=1S/C5H7N2S2/c1-4(2)9-5-7-6-3-8-5/h4H,1-2H3. The van der Waals surface area contributed by atoms with Gasteiger partial charge in [-0.05, 0) is 0 Å². The summed E-state index contributed by atoms with van der Waals surface area (Å²) in [6, 6.07) is 0. The summed E-state index contributed by atoms with van der Waals surface area (Å²) in [5.41, 5.74) is 2.69. The van der Waals surface area contributed by atoms with Crippen molar-refractivity contribution in [3.8, 4) is 0 Å². The predicted molar refractivity (Wildman–Crippen MR) is 39.7 cm³/mol. The van der Waals surface area contributed by atoms with Gasteiger partial charge in [0.05, 0.1) is 0 Å². The molecule has 0 saturated heterocycles. The van der Waals surface area contributed by atoms with Crippen molar-refractivity contribution in [1.82, 2.24) is 10.2 Å². The summed E-state index contributed by atoms with van der Waals surface area (Å²) in [7, 11) is 0. The molecular formula is C5H7N2S2. The SMILES string of the molecule is CC(C)Sc1nn[c]s1. The molecule has 0 spiro atoms. The fourth-order valence-corrected chi connectivity index (χ4v) is 2.00. The number of nitrogens with zero attached hydrogens (tertiary/aromatic N) is 2. The van der Waals surface area contributed by atoms with Gasteiger partial charge in [-0.25, -0.2) is 0 Å². The lowest BCUT2D eigenvalue weighted by atomic mass is 10.6. The summed E-state index contributed by atoms with van der Waals surface area (Å²) in [5, 5.41) is 8.02. The molecule has 0 N–H and O–H groups in total. The molecule has 0 amide bonds. The molecule has 0 aliphatic carbocycles. The summed E-state index contributed by atoms with van der Waals surface area (Å²) in [5.74, 6) is 0. The molecule has 9 heavy (non-hydrogen) atoms. The summed E-state index contributed by atoms with van der Waals surface area (Å²) >= 11 is 3.19. The molecule has 0 aliphatic heterocycles. The number of aromatic nitrogens is 2. The Morgan fingerprint density at radius 2 is 2.44 bits per heavy atom. The van der Waals surface area contributed by atoms with Crippen molar-refractivity contribution in [1.29, 1.82) is 0 Å². The summed E-state index contributed by atoms with van der Waals surface area (Å²) in [4.78, 5) is 0. The van der Waals surface area contributed by atoms with Crippen molar-refractivity contribution in [2.24, 2.45) is 0 Å². The van der Waals surface area contributed by atoms with Gasteiger partial charge in [-0.1, -0.05) is 36.9 Å². The maximum atomic E-state index is 3.83. The molecule has 0 atom stereocenters. The van der Waals surface area contributed by atoms with E-state index in [1.165, 1.54) is 11.3 Å². The molecule has 1 rings (SSSR count). The molecule has 0 aliphatic rings. The van der Waals surface area contributed by atoms with Crippen LogP contribution in [0.25, 0.3) is 0 Å². The molecule has 0 fully saturated rings. The molecule has 49 valence electrons. The zero-order valence-electron chi connectivity index (χ0n) is 5.29. The Morgan fingerprint density at radius 3 is 2.89 bits per heavy atom. The van der Waals surface area contributed by atoms with E-state index in [1.807, 2.05) is 0 Å². The average molecular weight is 159 g/mol. The third kappa shape index (κ3) is 2.32. The molecule has 0 saturated carbocycles. The highest BCUT2D eigenvalue weighted by Gasteiger charge is 1.99. The number of hydrogen-bond acceptors (Lipinski definition) is 4. The second kappa shape index (κ2) is 3.17. The van der Waals surface area contributed by atoms with Crippen LogP contribution in [0.4, 0.5) is 0 Å². The molecule has 1 heterocycles. The van der Waals surface area contributed by atoms with Gasteiger partial charge in [-0.2, -0.15) is 0 Å². The lowest BCUT2D eigenvalue weighted by molar-refractivity contribution is 0.997. The third-order valence-electron chi connectivity index (χ3n) is 0.642. The first-order valence-corrected chi connectivity index (χ1v) is 4.35. The van der Waals surface area contributed by atoms with Gasteiger partial charge < -0.3 is 0 Å². The second-order valence-corrected chi connectivity index (χ2v) is 4.42. The van der Waals surface area contributed by atoms with Crippen LogP contribution in [0, 0.1) is 5.51 Å². The van der Waals surface area contributed by atoms with E-state index in [0.717, 1.165) is 4.34 Å². The molecule has 0 bridgehead atoms. The highest BCUT2D eigenvalue weighted by atomic mass is 32.2. The maximum Gasteiger partial charge on any atom is 0.179 e. The fourth-order valence-electron chi connectivity index (χ4n) is 0.390. The summed E-state index contributed by atoms with van der Waals surface area (Å²) in [6.07, 6.45) is 0. The predicted octanol–water partition coefficient (Wildman–Crippen LogP) is 1.84. The fraction of sp³-hybridized carbons (Fsp3) is 0.600. The Kier molecular flexibility index (Phi) is 2.48. The molecular weight excluding hydrogens is 152 g/mol. The van der Waals surface area contributed by atoms with Gasteiger partial charge in [0, 0.05) is 5.25 Å². The van der Waals surface area contributed by atoms with Crippen LogP contribution < -0.4 is 0 Å². The Hall–Kier alpha value is -0.0900. The van der Waals surface area contributed by atoms with Crippen LogP contribution in [0.1, 0.15) is 13.8 Å². The van der Waals surface area contributed by atoms with Crippen molar-refractivity contribution in [2.75, 3.05) is 0 Å². The van der Waals surface area contributed by atoms with E-state index in [9.17, 15) is 0 Å². The van der Waals surface area contributed by atoms with Crippen molar-refractivity contribution < 1.29 is 0 Å². The van der Waals surface area contributed by atoms with Crippen LogP contribution in [-0.4, -0.2) is 15.4 Å². The van der Waals surface area contributed by atoms with Crippen LogP contribution in [0.5, 0.6) is 0 Å². The van der Waals surface area contributed by atoms with E-state index in [2.05, 4.69) is 29.6 Å². The number of hydrogen-bond donors (Lipinski definition) is 0. The van der Waals surface area contributed by atoms with E-state index >= 15 is 0 Å². The first-order chi connectivity index (χ1) is 4.29. The minimum absolute atomic E-state index is 0.589. The Bertz CT molecular complexity index is 159. The molecule has 1 aromatic heterocycles. The first kappa shape index (κ1) is 7.02. The van der Waals surface area contributed by atoms with Crippen LogP contribution in [0.3, 0.4) is 0 Å². The van der Waals surface area contributed by atoms with Gasteiger partial charge in [0.15, 0.2) is 9.85 Å². The average Bonchev–Trinajstić information content (AvgIpc) is 2.15. The Balaban J connectivity index is 2.48. The van der Waals surface area contributed by atoms with Crippen LogP contribution in [0.2, 0.25) is 0 Å². The van der Waals surface area contributed by atoms with Gasteiger partial charge in [0.1, 0.15) is 0 Å². The minimum Gasteiger partial charge on any atom is -0.135 e. The first-order valence-electron chi connectivity index (χ1n) is 2.65. The van der Waals surface area contributed by atoms with Crippen molar-refractivity contribution >= 4 is 23.1 Å². The molecule has 1 radical (unpaired) electrons. The van der Waals surface area contributed by atoms with Gasteiger partial charge in [0.25, 0.3) is 0 Å². The van der Waals surface area contributed by atoms with E-state index in [1.54, 1.807) is 11.8 Å². The van der Waals surface area contributed by atoms with Crippen molar-refractivity contribution in [2.45, 2.75) is 23.4 Å². The van der Waals surface area contributed by atoms with E-state index in [0.29, 0.717) is 5.25 Å². The monoisotopic (exact) mass is 159 g/mol. The largest absolute Gasteiger partial charge is 0.179 e. The van der Waals surface area contributed by atoms with E-state index < -0.39 is 0 Å². The van der Waals surface area contributed by atoms with Crippen molar-refractivity contribution in [3.63, 3.8) is 0 Å². The summed E-state index contributed by atoms with van der Waals surface area (Å²) in [6.45, 7) is 4.26. The topological polar surface area (TPSA) is 25.8 Å². The minimum atomic E-state index is 0.589. The van der Waals surface area contributed by atoms with Crippen LogP contribution in [-0.2, 0) is 0 Å². The molecule has 4 heteroatoms. The molecule has 2 nitrogen and oxygen atoms in total. The lowest BCUT2D eigenvalue weighted by Gasteiger charge is -1.96. The van der Waals surface area contributed by atoms with Crippen LogP contribution >= 0.6 is 23.1 Å². The van der Waals surface area contributed by atoms with Gasteiger partial charge in [-0.15, -0.1) is 10.2 Å². The molecule has 0 aromatic carbocycles.